The molecular formula is C8H7F2N3O4. The van der Waals surface area contributed by atoms with E-state index >= 15 is 0 Å². The van der Waals surface area contributed by atoms with Gasteiger partial charge in [0.1, 0.15) is 5.56 Å². The van der Waals surface area contributed by atoms with Crippen LogP contribution in [-0.2, 0) is 4.74 Å². The van der Waals surface area contributed by atoms with Crippen molar-refractivity contribution in [3.63, 3.8) is 0 Å². The average molecular weight is 247 g/mol. The number of nitrogens with two attached hydrogens (primary N) is 1. The summed E-state index contributed by atoms with van der Waals surface area (Å²) in [5.74, 6) is -2.71. The van der Waals surface area contributed by atoms with E-state index < -0.39 is 40.1 Å². The second-order valence-electron chi connectivity index (χ2n) is 2.88. The van der Waals surface area contributed by atoms with Crippen molar-refractivity contribution in [2.75, 3.05) is 12.8 Å². The molecule has 1 aromatic rings. The molecule has 0 aliphatic carbocycles. The van der Waals surface area contributed by atoms with Crippen molar-refractivity contribution in [2.45, 2.75) is 6.43 Å². The number of aromatic nitrogens is 1. The molecule has 0 aliphatic rings. The summed E-state index contributed by atoms with van der Waals surface area (Å²) in [7, 11) is 0.958. The number of nitro groups is 1. The first-order valence-electron chi connectivity index (χ1n) is 4.19. The van der Waals surface area contributed by atoms with Crippen LogP contribution >= 0.6 is 0 Å². The number of nitrogens with zero attached hydrogens (tertiary/aromatic N) is 2. The van der Waals surface area contributed by atoms with Crippen molar-refractivity contribution in [2.24, 2.45) is 0 Å². The Morgan fingerprint density at radius 1 is 1.65 bits per heavy atom. The number of halogens is 2. The molecule has 1 heterocycles. The normalized spacial score (nSPS) is 10.4. The highest BCUT2D eigenvalue weighted by atomic mass is 19.3. The van der Waals surface area contributed by atoms with Crippen molar-refractivity contribution < 1.29 is 23.2 Å². The van der Waals surface area contributed by atoms with Crippen molar-refractivity contribution in [1.82, 2.24) is 4.98 Å². The standard InChI is InChI=1S/C8H7F2N3O4/c1-17-8(14)3-2-4(13(15)16)12-7(11)5(3)6(9)10/h2,6H,1H3,(H2,11,12). The molecular weight excluding hydrogens is 240 g/mol. The number of pyridine rings is 1. The van der Waals surface area contributed by atoms with Crippen LogP contribution in [0.25, 0.3) is 0 Å². The minimum Gasteiger partial charge on any atom is -0.465 e. The van der Waals surface area contributed by atoms with Crippen LogP contribution < -0.4 is 5.73 Å². The largest absolute Gasteiger partial charge is 0.465 e. The molecule has 0 unspecified atom stereocenters. The highest BCUT2D eigenvalue weighted by Crippen LogP contribution is 2.30. The lowest BCUT2D eigenvalue weighted by molar-refractivity contribution is -0.389. The predicted octanol–water partition coefficient (Wildman–Crippen LogP) is 1.30. The van der Waals surface area contributed by atoms with Gasteiger partial charge in [0.25, 0.3) is 6.43 Å². The fraction of sp³-hybridized carbons (Fsp3) is 0.250. The molecule has 17 heavy (non-hydrogen) atoms. The molecule has 1 aromatic heterocycles. The average Bonchev–Trinajstić information content (AvgIpc) is 2.26. The van der Waals surface area contributed by atoms with E-state index in [4.69, 9.17) is 5.73 Å². The number of rotatable bonds is 3. The topological polar surface area (TPSA) is 108 Å². The second-order valence-corrected chi connectivity index (χ2v) is 2.88. The molecule has 0 aromatic carbocycles. The molecule has 9 heteroatoms. The number of ether oxygens (including phenoxy) is 1. The van der Waals surface area contributed by atoms with Gasteiger partial charge in [0.15, 0.2) is 0 Å². The minimum atomic E-state index is -3.09. The molecule has 0 fully saturated rings. The quantitative estimate of drug-likeness (QED) is 0.489. The molecule has 0 saturated heterocycles. The molecule has 0 saturated carbocycles. The summed E-state index contributed by atoms with van der Waals surface area (Å²) in [4.78, 5) is 23.9. The monoisotopic (exact) mass is 247 g/mol. The lowest BCUT2D eigenvalue weighted by Crippen LogP contribution is -2.11. The molecule has 0 spiro atoms. The predicted molar refractivity (Wildman–Crippen MR) is 51.6 cm³/mol. The maximum atomic E-state index is 12.6. The van der Waals surface area contributed by atoms with E-state index in [0.717, 1.165) is 7.11 Å². The van der Waals surface area contributed by atoms with Crippen molar-refractivity contribution in [3.8, 4) is 0 Å². The number of hydrogen-bond acceptors (Lipinski definition) is 6. The Morgan fingerprint density at radius 3 is 2.65 bits per heavy atom. The van der Waals surface area contributed by atoms with Crippen LogP contribution in [0.5, 0.6) is 0 Å². The van der Waals surface area contributed by atoms with Crippen LogP contribution in [0.1, 0.15) is 22.3 Å². The van der Waals surface area contributed by atoms with Crippen LogP contribution in [0, 0.1) is 10.1 Å². The number of nitrogen functional groups attached to an aromatic ring is 1. The number of hydrogen-bond donors (Lipinski definition) is 1. The summed E-state index contributed by atoms with van der Waals surface area (Å²) in [6, 6.07) is 0.601. The van der Waals surface area contributed by atoms with Gasteiger partial charge in [0.2, 0.25) is 5.82 Å². The van der Waals surface area contributed by atoms with Crippen LogP contribution in [0.15, 0.2) is 6.07 Å². The van der Waals surface area contributed by atoms with Gasteiger partial charge in [-0.2, -0.15) is 0 Å². The lowest BCUT2D eigenvalue weighted by Gasteiger charge is -2.06. The summed E-state index contributed by atoms with van der Waals surface area (Å²) >= 11 is 0. The van der Waals surface area contributed by atoms with Crippen molar-refractivity contribution >= 4 is 17.6 Å². The summed E-state index contributed by atoms with van der Waals surface area (Å²) in [5.41, 5.74) is 3.61. The minimum absolute atomic E-state index is 0.601. The Hall–Kier alpha value is -2.32. The molecule has 7 nitrogen and oxygen atoms in total. The summed E-state index contributed by atoms with van der Waals surface area (Å²) in [6.45, 7) is 0. The zero-order chi connectivity index (χ0) is 13.2. The number of alkyl halides is 2. The molecule has 0 bridgehead atoms. The number of anilines is 1. The third-order valence-electron chi connectivity index (χ3n) is 1.89. The van der Waals surface area contributed by atoms with E-state index in [0.29, 0.717) is 6.07 Å². The van der Waals surface area contributed by atoms with E-state index in [-0.39, 0.29) is 0 Å². The van der Waals surface area contributed by atoms with Gasteiger partial charge in [-0.3, -0.25) is 0 Å². The van der Waals surface area contributed by atoms with Crippen molar-refractivity contribution in [1.29, 1.82) is 0 Å². The molecule has 2 N–H and O–H groups in total. The highest BCUT2D eigenvalue weighted by Gasteiger charge is 2.29. The van der Waals surface area contributed by atoms with Gasteiger partial charge in [-0.05, 0) is 9.91 Å². The Bertz CT molecular complexity index is 478. The molecule has 0 radical (unpaired) electrons. The van der Waals surface area contributed by atoms with Gasteiger partial charge in [0, 0.05) is 0 Å². The summed E-state index contributed by atoms with van der Waals surface area (Å²) < 4.78 is 29.5. The maximum absolute atomic E-state index is 12.6. The van der Waals surface area contributed by atoms with Crippen LogP contribution in [0.3, 0.4) is 0 Å². The number of carbonyl (C=O) groups is 1. The molecule has 1 rings (SSSR count). The Kier molecular flexibility index (Phi) is 3.51. The summed E-state index contributed by atoms with van der Waals surface area (Å²) in [5, 5.41) is 10.4. The van der Waals surface area contributed by atoms with E-state index in [1.54, 1.807) is 0 Å². The SMILES string of the molecule is COC(=O)c1cc([N+](=O)[O-])nc(N)c1C(F)F. The van der Waals surface area contributed by atoms with Crippen LogP contribution in [-0.4, -0.2) is 23.0 Å². The summed E-state index contributed by atoms with van der Waals surface area (Å²) in [6.07, 6.45) is -3.09. The van der Waals surface area contributed by atoms with Crippen LogP contribution in [0.4, 0.5) is 20.4 Å². The molecule has 92 valence electrons. The Labute approximate surface area is 93.3 Å². The van der Waals surface area contributed by atoms with Gasteiger partial charge in [0.05, 0.1) is 18.7 Å². The fourth-order valence-electron chi connectivity index (χ4n) is 1.16. The Morgan fingerprint density at radius 2 is 2.24 bits per heavy atom. The first kappa shape index (κ1) is 12.7. The van der Waals surface area contributed by atoms with Gasteiger partial charge in [-0.1, -0.05) is 0 Å². The lowest BCUT2D eigenvalue weighted by atomic mass is 10.1. The second kappa shape index (κ2) is 4.68. The molecule has 0 atom stereocenters. The number of esters is 1. The first-order valence-corrected chi connectivity index (χ1v) is 4.19. The zero-order valence-corrected chi connectivity index (χ0v) is 8.52. The zero-order valence-electron chi connectivity index (χ0n) is 8.52. The van der Waals surface area contributed by atoms with E-state index in [2.05, 4.69) is 9.72 Å². The smallest absolute Gasteiger partial charge is 0.366 e. The third-order valence-corrected chi connectivity index (χ3v) is 1.89. The van der Waals surface area contributed by atoms with Gasteiger partial charge >= 0.3 is 11.8 Å². The maximum Gasteiger partial charge on any atom is 0.366 e. The van der Waals surface area contributed by atoms with Gasteiger partial charge in [-0.15, -0.1) is 0 Å². The van der Waals surface area contributed by atoms with E-state index in [9.17, 15) is 23.7 Å². The molecule has 0 aliphatic heterocycles. The highest BCUT2D eigenvalue weighted by molar-refractivity contribution is 5.93. The number of carbonyl (C=O) groups excluding carboxylic acids is 1. The van der Waals surface area contributed by atoms with Crippen molar-refractivity contribution in [3.05, 3.63) is 27.3 Å². The number of methoxy groups -OCH3 is 1. The molecule has 0 amide bonds. The van der Waals surface area contributed by atoms with E-state index in [1.807, 2.05) is 0 Å². The van der Waals surface area contributed by atoms with Crippen LogP contribution in [0.2, 0.25) is 0 Å². The van der Waals surface area contributed by atoms with Gasteiger partial charge < -0.3 is 20.6 Å². The first-order chi connectivity index (χ1) is 7.88. The fourth-order valence-corrected chi connectivity index (χ4v) is 1.16. The third kappa shape index (κ3) is 2.44. The van der Waals surface area contributed by atoms with E-state index in [1.165, 1.54) is 0 Å². The Balaban J connectivity index is 3.50. The van der Waals surface area contributed by atoms with Gasteiger partial charge in [-0.25, -0.2) is 13.6 Å².